The molecule has 0 aliphatic heterocycles. The van der Waals surface area contributed by atoms with Crippen molar-refractivity contribution in [1.29, 1.82) is 0 Å². The number of hydrogen-bond acceptors (Lipinski definition) is 2. The molecule has 0 aliphatic rings. The molecule has 0 unspecified atom stereocenters. The van der Waals surface area contributed by atoms with Crippen LogP contribution in [-0.4, -0.2) is 4.98 Å². The summed E-state index contributed by atoms with van der Waals surface area (Å²) in [6, 6.07) is 16.1. The fourth-order valence-corrected chi connectivity index (χ4v) is 2.09. The third-order valence-corrected chi connectivity index (χ3v) is 2.93. The number of nitrogens with two attached hydrogens (primary N) is 1. The zero-order chi connectivity index (χ0) is 11.7. The van der Waals surface area contributed by atoms with Gasteiger partial charge in [-0.25, -0.2) is 0 Å². The Morgan fingerprint density at radius 3 is 2.53 bits per heavy atom. The lowest BCUT2D eigenvalue weighted by atomic mass is 9.98. The largest absolute Gasteiger partial charge is 0.398 e. The van der Waals surface area contributed by atoms with E-state index in [4.69, 9.17) is 5.73 Å². The maximum absolute atomic E-state index is 6.02. The molecule has 1 heterocycles. The van der Waals surface area contributed by atoms with E-state index in [1.807, 2.05) is 42.6 Å². The minimum Gasteiger partial charge on any atom is -0.398 e. The van der Waals surface area contributed by atoms with E-state index in [-0.39, 0.29) is 0 Å². The number of hydrogen-bond donors (Lipinski definition) is 1. The molecule has 0 bridgehead atoms. The molecule has 0 saturated heterocycles. The van der Waals surface area contributed by atoms with Crippen LogP contribution >= 0.6 is 0 Å². The van der Waals surface area contributed by atoms with E-state index in [1.165, 1.54) is 5.39 Å². The van der Waals surface area contributed by atoms with Crippen molar-refractivity contribution in [2.45, 2.75) is 0 Å². The molecule has 0 aliphatic carbocycles. The highest BCUT2D eigenvalue weighted by Gasteiger charge is 2.05. The van der Waals surface area contributed by atoms with Gasteiger partial charge in [-0.2, -0.15) is 0 Å². The van der Waals surface area contributed by atoms with Crippen LogP contribution in [0.2, 0.25) is 0 Å². The number of aromatic nitrogens is 1. The fourth-order valence-electron chi connectivity index (χ4n) is 2.09. The first-order chi connectivity index (χ1) is 8.36. The molecule has 3 aromatic rings. The second kappa shape index (κ2) is 3.91. The molecule has 3 rings (SSSR count). The van der Waals surface area contributed by atoms with Crippen molar-refractivity contribution in [3.05, 3.63) is 60.9 Å². The summed E-state index contributed by atoms with van der Waals surface area (Å²) in [4.78, 5) is 4.19. The lowest BCUT2D eigenvalue weighted by molar-refractivity contribution is 1.36. The molecule has 2 N–H and O–H groups in total. The smallest absolute Gasteiger partial charge is 0.0393 e. The third kappa shape index (κ3) is 1.64. The van der Waals surface area contributed by atoms with Gasteiger partial charge in [0.15, 0.2) is 0 Å². The molecule has 1 aromatic heterocycles. The monoisotopic (exact) mass is 220 g/mol. The summed E-state index contributed by atoms with van der Waals surface area (Å²) in [5.41, 5.74) is 9.01. The third-order valence-electron chi connectivity index (χ3n) is 2.93. The summed E-state index contributed by atoms with van der Waals surface area (Å²) in [5, 5.41) is 2.31. The van der Waals surface area contributed by atoms with Crippen LogP contribution in [-0.2, 0) is 0 Å². The summed E-state index contributed by atoms with van der Waals surface area (Å²) in [6.07, 6.45) is 3.69. The molecule has 2 heteroatoms. The maximum Gasteiger partial charge on any atom is 0.0393 e. The van der Waals surface area contributed by atoms with E-state index >= 15 is 0 Å². The predicted octanol–water partition coefficient (Wildman–Crippen LogP) is 3.48. The highest BCUT2D eigenvalue weighted by Crippen LogP contribution is 2.31. The molecular weight excluding hydrogens is 208 g/mol. The number of pyridine rings is 1. The first-order valence-corrected chi connectivity index (χ1v) is 5.54. The normalized spacial score (nSPS) is 10.6. The summed E-state index contributed by atoms with van der Waals surface area (Å²) in [7, 11) is 0. The summed E-state index contributed by atoms with van der Waals surface area (Å²) in [6.45, 7) is 0. The van der Waals surface area contributed by atoms with Crippen LogP contribution in [0.25, 0.3) is 21.9 Å². The minimum absolute atomic E-state index is 0.795. The van der Waals surface area contributed by atoms with Crippen molar-refractivity contribution in [3.63, 3.8) is 0 Å². The van der Waals surface area contributed by atoms with Crippen LogP contribution in [0.15, 0.2) is 60.9 Å². The Kier molecular flexibility index (Phi) is 2.26. The Balaban J connectivity index is 2.35. The van der Waals surface area contributed by atoms with Crippen molar-refractivity contribution in [3.8, 4) is 11.1 Å². The highest BCUT2D eigenvalue weighted by atomic mass is 14.6. The molecule has 17 heavy (non-hydrogen) atoms. The van der Waals surface area contributed by atoms with E-state index in [9.17, 15) is 0 Å². The molecule has 0 atom stereocenters. The summed E-state index contributed by atoms with van der Waals surface area (Å²) in [5.74, 6) is 0. The first-order valence-electron chi connectivity index (χ1n) is 5.54. The van der Waals surface area contributed by atoms with Gasteiger partial charge in [-0.15, -0.1) is 0 Å². The Morgan fingerprint density at radius 1 is 0.824 bits per heavy atom. The molecule has 82 valence electrons. The highest BCUT2D eigenvalue weighted by molar-refractivity contribution is 5.98. The second-order valence-corrected chi connectivity index (χ2v) is 3.99. The standard InChI is InChI=1S/C15H12N2/c16-15-7-2-1-5-13(15)12-6-3-4-11-8-9-17-10-14(11)12/h1-10H,16H2. The van der Waals surface area contributed by atoms with Crippen LogP contribution in [0.4, 0.5) is 5.69 Å². The number of nitrogen functional groups attached to an aromatic ring is 1. The zero-order valence-electron chi connectivity index (χ0n) is 9.30. The van der Waals surface area contributed by atoms with Crippen LogP contribution in [0.3, 0.4) is 0 Å². The Morgan fingerprint density at radius 2 is 1.65 bits per heavy atom. The van der Waals surface area contributed by atoms with Gasteiger partial charge in [0.25, 0.3) is 0 Å². The van der Waals surface area contributed by atoms with E-state index in [0.29, 0.717) is 0 Å². The van der Waals surface area contributed by atoms with Crippen molar-refractivity contribution < 1.29 is 0 Å². The zero-order valence-corrected chi connectivity index (χ0v) is 9.30. The molecule has 0 saturated carbocycles. The van der Waals surface area contributed by atoms with Crippen LogP contribution in [0, 0.1) is 0 Å². The molecular formula is C15H12N2. The van der Waals surface area contributed by atoms with Crippen molar-refractivity contribution in [1.82, 2.24) is 4.98 Å². The van der Waals surface area contributed by atoms with Crippen LogP contribution < -0.4 is 5.73 Å². The molecule has 0 radical (unpaired) electrons. The number of rotatable bonds is 1. The number of nitrogens with zero attached hydrogens (tertiary/aromatic N) is 1. The van der Waals surface area contributed by atoms with Crippen molar-refractivity contribution in [2.24, 2.45) is 0 Å². The Bertz CT molecular complexity index is 669. The average Bonchev–Trinajstić information content (AvgIpc) is 2.39. The maximum atomic E-state index is 6.02. The molecule has 0 amide bonds. The lowest BCUT2D eigenvalue weighted by Crippen LogP contribution is -1.90. The fraction of sp³-hybridized carbons (Fsp3) is 0. The predicted molar refractivity (Wildman–Crippen MR) is 71.6 cm³/mol. The van der Waals surface area contributed by atoms with Crippen LogP contribution in [0.5, 0.6) is 0 Å². The topological polar surface area (TPSA) is 38.9 Å². The first kappa shape index (κ1) is 9.85. The van der Waals surface area contributed by atoms with Crippen LogP contribution in [0.1, 0.15) is 0 Å². The van der Waals surface area contributed by atoms with Gasteiger partial charge in [-0.1, -0.05) is 36.4 Å². The van der Waals surface area contributed by atoms with Gasteiger partial charge < -0.3 is 5.73 Å². The van der Waals surface area contributed by atoms with E-state index in [0.717, 1.165) is 22.2 Å². The minimum atomic E-state index is 0.795. The quantitative estimate of drug-likeness (QED) is 0.637. The van der Waals surface area contributed by atoms with Gasteiger partial charge in [-0.05, 0) is 23.1 Å². The van der Waals surface area contributed by atoms with Crippen molar-refractivity contribution in [2.75, 3.05) is 5.73 Å². The SMILES string of the molecule is Nc1ccccc1-c1cccc2ccncc12. The van der Waals surface area contributed by atoms with Gasteiger partial charge in [0.05, 0.1) is 0 Å². The number of para-hydroxylation sites is 1. The summed E-state index contributed by atoms with van der Waals surface area (Å²) >= 11 is 0. The van der Waals surface area contributed by atoms with E-state index in [1.54, 1.807) is 6.20 Å². The number of benzene rings is 2. The molecule has 2 aromatic carbocycles. The Labute approximate surface area is 99.7 Å². The van der Waals surface area contributed by atoms with Gasteiger partial charge in [0.1, 0.15) is 0 Å². The lowest BCUT2D eigenvalue weighted by Gasteiger charge is -2.08. The van der Waals surface area contributed by atoms with Crippen molar-refractivity contribution >= 4 is 16.5 Å². The van der Waals surface area contributed by atoms with Gasteiger partial charge in [0, 0.05) is 29.0 Å². The average molecular weight is 220 g/mol. The van der Waals surface area contributed by atoms with E-state index in [2.05, 4.69) is 17.1 Å². The van der Waals surface area contributed by atoms with Gasteiger partial charge >= 0.3 is 0 Å². The second-order valence-electron chi connectivity index (χ2n) is 3.99. The summed E-state index contributed by atoms with van der Waals surface area (Å²) < 4.78 is 0. The molecule has 0 spiro atoms. The van der Waals surface area contributed by atoms with Gasteiger partial charge in [-0.3, -0.25) is 4.98 Å². The van der Waals surface area contributed by atoms with E-state index < -0.39 is 0 Å². The van der Waals surface area contributed by atoms with Gasteiger partial charge in [0.2, 0.25) is 0 Å². The Hall–Kier alpha value is -2.35. The molecule has 2 nitrogen and oxygen atoms in total. The number of fused-ring (bicyclic) bond motifs is 1. The number of anilines is 1. The molecule has 0 fully saturated rings.